The Hall–Kier alpha value is -4.37. The average Bonchev–Trinajstić information content (AvgIpc) is 2.88. The summed E-state index contributed by atoms with van der Waals surface area (Å²) in [6.45, 7) is -0.245. The third kappa shape index (κ3) is 8.08. The minimum Gasteiger partial charge on any atom is -0.508 e. The molecular formula is C27H29N3O10S. The highest BCUT2D eigenvalue weighted by Crippen LogP contribution is 2.34. The third-order valence-electron chi connectivity index (χ3n) is 6.19. The van der Waals surface area contributed by atoms with E-state index in [1.54, 1.807) is 36.4 Å². The number of carbonyl (C=O) groups excluding carboxylic acids is 1. The van der Waals surface area contributed by atoms with Crippen molar-refractivity contribution in [3.63, 3.8) is 0 Å². The number of aliphatic carboxylic acids is 2. The topological polar surface area (TPSA) is 206 Å². The molecule has 14 heteroatoms. The Morgan fingerprint density at radius 1 is 0.854 bits per heavy atom. The number of ketones is 1. The van der Waals surface area contributed by atoms with Crippen LogP contribution in [0.2, 0.25) is 0 Å². The van der Waals surface area contributed by atoms with Crippen LogP contribution in [0.25, 0.3) is 0 Å². The van der Waals surface area contributed by atoms with Crippen molar-refractivity contribution in [2.45, 2.75) is 23.9 Å². The van der Waals surface area contributed by atoms with Gasteiger partial charge in [-0.1, -0.05) is 24.3 Å². The van der Waals surface area contributed by atoms with Crippen LogP contribution in [0, 0.1) is 0 Å². The number of Topliss-reactive ketones (excluding diaryl/α,β-unsaturated/α-hetero) is 1. The normalized spacial score (nSPS) is 13.2. The molecule has 0 spiro atoms. The lowest BCUT2D eigenvalue weighted by atomic mass is 9.99. The van der Waals surface area contributed by atoms with Crippen LogP contribution in [0.1, 0.15) is 35.8 Å². The average molecular weight is 588 g/mol. The highest BCUT2D eigenvalue weighted by Gasteiger charge is 2.34. The first kappa shape index (κ1) is 31.2. The number of carbonyl (C=O) groups is 3. The minimum absolute atomic E-state index is 0.130. The van der Waals surface area contributed by atoms with E-state index in [1.165, 1.54) is 24.1 Å². The number of aromatic hydroxyl groups is 2. The van der Waals surface area contributed by atoms with Gasteiger partial charge in [0.25, 0.3) is 10.1 Å². The Morgan fingerprint density at radius 3 is 2.05 bits per heavy atom. The fourth-order valence-corrected chi connectivity index (χ4v) is 5.03. The van der Waals surface area contributed by atoms with Gasteiger partial charge in [-0.05, 0) is 43.3 Å². The molecule has 0 saturated carbocycles. The highest BCUT2D eigenvalue weighted by atomic mass is 32.2. The Labute approximate surface area is 235 Å². The Kier molecular flexibility index (Phi) is 10.1. The Balaban J connectivity index is 2.08. The van der Waals surface area contributed by atoms with Crippen molar-refractivity contribution in [2.75, 3.05) is 26.2 Å². The first-order chi connectivity index (χ1) is 19.3. The van der Waals surface area contributed by atoms with E-state index in [0.717, 1.165) is 23.1 Å². The maximum absolute atomic E-state index is 12.5. The van der Waals surface area contributed by atoms with Crippen molar-refractivity contribution in [2.24, 2.45) is 0 Å². The van der Waals surface area contributed by atoms with E-state index < -0.39 is 69.2 Å². The molecule has 3 aromatic rings. The molecule has 0 fully saturated rings. The van der Waals surface area contributed by atoms with E-state index >= 15 is 0 Å². The second-order valence-electron chi connectivity index (χ2n) is 9.19. The summed E-state index contributed by atoms with van der Waals surface area (Å²) in [6.07, 6.45) is 1.49. The number of hydrogen-bond donors (Lipinski definition) is 5. The molecule has 0 aliphatic rings. The van der Waals surface area contributed by atoms with Gasteiger partial charge in [0.2, 0.25) is 0 Å². The van der Waals surface area contributed by atoms with E-state index in [2.05, 4.69) is 4.98 Å². The molecule has 0 bridgehead atoms. The standard InChI is InChI=1S/C27H29N3O10S/c1-17(31)15-29(26(27(36)37)20-14-18(41(38,39)40)9-10-23(20)33)12-13-30(16-24(34)35)25(21-7-4-5-11-28-21)19-6-2-3-8-22(19)32/h2-11,14,25-26,32-33H,12-13,15-16H2,1H3,(H,34,35)(H,36,37)(H,38,39,40). The van der Waals surface area contributed by atoms with Gasteiger partial charge in [-0.2, -0.15) is 8.42 Å². The van der Waals surface area contributed by atoms with E-state index in [-0.39, 0.29) is 18.8 Å². The second-order valence-corrected chi connectivity index (χ2v) is 10.6. The van der Waals surface area contributed by atoms with Gasteiger partial charge in [-0.3, -0.25) is 33.7 Å². The maximum Gasteiger partial charge on any atom is 0.325 e. The molecule has 218 valence electrons. The molecule has 0 amide bonds. The summed E-state index contributed by atoms with van der Waals surface area (Å²) in [7, 11) is -4.76. The van der Waals surface area contributed by atoms with Gasteiger partial charge in [0.15, 0.2) is 0 Å². The van der Waals surface area contributed by atoms with Gasteiger partial charge >= 0.3 is 11.9 Å². The first-order valence-corrected chi connectivity index (χ1v) is 13.6. The number of benzene rings is 2. The second kappa shape index (κ2) is 13.3. The number of phenolic OH excluding ortho intramolecular Hbond substituents is 2. The van der Waals surface area contributed by atoms with Crippen molar-refractivity contribution in [1.29, 1.82) is 0 Å². The molecule has 2 unspecified atom stereocenters. The van der Waals surface area contributed by atoms with Crippen LogP contribution in [0.4, 0.5) is 0 Å². The predicted molar refractivity (Wildman–Crippen MR) is 144 cm³/mol. The number of nitrogens with zero attached hydrogens (tertiary/aromatic N) is 3. The summed E-state index contributed by atoms with van der Waals surface area (Å²) < 4.78 is 32.8. The zero-order valence-electron chi connectivity index (χ0n) is 21.9. The predicted octanol–water partition coefficient (Wildman–Crippen LogP) is 1.93. The zero-order valence-corrected chi connectivity index (χ0v) is 22.7. The Bertz CT molecular complexity index is 1510. The zero-order chi connectivity index (χ0) is 30.3. The molecule has 2 aromatic carbocycles. The van der Waals surface area contributed by atoms with Crippen LogP contribution in [0.15, 0.2) is 71.8 Å². The summed E-state index contributed by atoms with van der Waals surface area (Å²) in [5.74, 6) is -3.96. The van der Waals surface area contributed by atoms with Crippen LogP contribution in [0.5, 0.6) is 11.5 Å². The number of para-hydroxylation sites is 1. The van der Waals surface area contributed by atoms with E-state index in [1.807, 2.05) is 0 Å². The van der Waals surface area contributed by atoms with Gasteiger partial charge in [0.05, 0.1) is 29.7 Å². The molecule has 0 saturated heterocycles. The summed E-state index contributed by atoms with van der Waals surface area (Å²) in [6, 6.07) is 11.2. The summed E-state index contributed by atoms with van der Waals surface area (Å²) in [5, 5.41) is 40.9. The van der Waals surface area contributed by atoms with Gasteiger partial charge in [-0.25, -0.2) is 0 Å². The summed E-state index contributed by atoms with van der Waals surface area (Å²) in [5.41, 5.74) is 0.321. The number of pyridine rings is 1. The number of carboxylic acids is 2. The van der Waals surface area contributed by atoms with Gasteiger partial charge in [0, 0.05) is 30.4 Å². The number of rotatable bonds is 14. The molecule has 41 heavy (non-hydrogen) atoms. The first-order valence-electron chi connectivity index (χ1n) is 12.2. The fraction of sp³-hybridized carbons (Fsp3) is 0.259. The van der Waals surface area contributed by atoms with Crippen LogP contribution in [-0.2, 0) is 24.5 Å². The van der Waals surface area contributed by atoms with Crippen LogP contribution in [0.3, 0.4) is 0 Å². The molecule has 0 radical (unpaired) electrons. The lowest BCUT2D eigenvalue weighted by Crippen LogP contribution is -2.44. The lowest BCUT2D eigenvalue weighted by molar-refractivity contribution is -0.145. The van der Waals surface area contributed by atoms with Crippen molar-refractivity contribution in [3.8, 4) is 11.5 Å². The van der Waals surface area contributed by atoms with Crippen LogP contribution >= 0.6 is 0 Å². The molecule has 13 nitrogen and oxygen atoms in total. The SMILES string of the molecule is CC(=O)CN(CCN(CC(=O)O)C(c1ccccn1)c1ccccc1O)C(C(=O)O)c1cc(S(=O)(=O)O)ccc1O. The fourth-order valence-electron chi connectivity index (χ4n) is 4.51. The number of carboxylic acid groups (broad SMARTS) is 2. The monoisotopic (exact) mass is 587 g/mol. The molecule has 1 aromatic heterocycles. The van der Waals surface area contributed by atoms with Crippen LogP contribution < -0.4 is 0 Å². The van der Waals surface area contributed by atoms with Gasteiger partial charge in [-0.15, -0.1) is 0 Å². The Morgan fingerprint density at radius 2 is 1.49 bits per heavy atom. The quantitative estimate of drug-likeness (QED) is 0.171. The van der Waals surface area contributed by atoms with Gasteiger partial charge < -0.3 is 20.4 Å². The van der Waals surface area contributed by atoms with Gasteiger partial charge in [0.1, 0.15) is 23.3 Å². The smallest absolute Gasteiger partial charge is 0.325 e. The third-order valence-corrected chi connectivity index (χ3v) is 7.04. The molecule has 1 heterocycles. The summed E-state index contributed by atoms with van der Waals surface area (Å²) in [4.78, 5) is 42.8. The van der Waals surface area contributed by atoms with Crippen LogP contribution in [-0.4, -0.2) is 92.1 Å². The molecule has 0 aliphatic heterocycles. The lowest BCUT2D eigenvalue weighted by Gasteiger charge is -2.34. The highest BCUT2D eigenvalue weighted by molar-refractivity contribution is 7.85. The number of phenols is 2. The van der Waals surface area contributed by atoms with E-state index in [4.69, 9.17) is 0 Å². The molecular weight excluding hydrogens is 558 g/mol. The summed E-state index contributed by atoms with van der Waals surface area (Å²) >= 11 is 0. The maximum atomic E-state index is 12.5. The number of aromatic nitrogens is 1. The van der Waals surface area contributed by atoms with Crippen molar-refractivity contribution >= 4 is 27.8 Å². The van der Waals surface area contributed by atoms with Crippen molar-refractivity contribution < 1.29 is 47.8 Å². The molecule has 2 atom stereocenters. The molecule has 0 aliphatic carbocycles. The minimum atomic E-state index is -4.76. The van der Waals surface area contributed by atoms with Crippen molar-refractivity contribution in [1.82, 2.24) is 14.8 Å². The largest absolute Gasteiger partial charge is 0.508 e. The van der Waals surface area contributed by atoms with Crippen molar-refractivity contribution in [3.05, 3.63) is 83.7 Å². The number of hydrogen-bond acceptors (Lipinski definition) is 10. The molecule has 5 N–H and O–H groups in total. The molecule has 3 rings (SSSR count). The van der Waals surface area contributed by atoms with E-state index in [0.29, 0.717) is 11.3 Å². The van der Waals surface area contributed by atoms with E-state index in [9.17, 15) is 47.8 Å².